The van der Waals surface area contributed by atoms with E-state index in [4.69, 9.17) is 0 Å². The Kier molecular flexibility index (Phi) is 3.31. The summed E-state index contributed by atoms with van der Waals surface area (Å²) in [5.74, 6) is 0.761. The first-order valence-corrected chi connectivity index (χ1v) is 4.53. The van der Waals surface area contributed by atoms with E-state index >= 15 is 0 Å². The fourth-order valence-electron chi connectivity index (χ4n) is 1.77. The summed E-state index contributed by atoms with van der Waals surface area (Å²) in [4.78, 5) is 14.5. The minimum Gasteiger partial charge on any atom is -0.311 e. The van der Waals surface area contributed by atoms with Gasteiger partial charge in [0.05, 0.1) is 0 Å². The molecule has 0 amide bonds. The van der Waals surface area contributed by atoms with E-state index in [1.807, 2.05) is 0 Å². The molecule has 4 nitrogen and oxygen atoms in total. The van der Waals surface area contributed by atoms with Gasteiger partial charge in [-0.1, -0.05) is 13.3 Å². The van der Waals surface area contributed by atoms with Gasteiger partial charge in [0.1, 0.15) is 6.10 Å². The van der Waals surface area contributed by atoms with Crippen LogP contribution >= 0.6 is 0 Å². The third-order valence-corrected chi connectivity index (χ3v) is 2.61. The Morgan fingerprint density at radius 3 is 2.42 bits per heavy atom. The molecule has 0 unspecified atom stereocenters. The van der Waals surface area contributed by atoms with Crippen LogP contribution in [0, 0.1) is 16.0 Å². The van der Waals surface area contributed by atoms with E-state index in [1.54, 1.807) is 0 Å². The van der Waals surface area contributed by atoms with Crippen LogP contribution in [0.1, 0.15) is 39.0 Å². The fourth-order valence-corrected chi connectivity index (χ4v) is 1.77. The Labute approximate surface area is 72.0 Å². The second-order valence-corrected chi connectivity index (χ2v) is 3.38. The zero-order valence-corrected chi connectivity index (χ0v) is 7.36. The molecule has 0 aliphatic heterocycles. The molecule has 0 aromatic heterocycles. The number of rotatable bonds is 3. The second-order valence-electron chi connectivity index (χ2n) is 3.38. The lowest BCUT2D eigenvalue weighted by Crippen LogP contribution is -2.23. The first-order valence-electron chi connectivity index (χ1n) is 4.53. The highest BCUT2D eigenvalue weighted by molar-refractivity contribution is 4.70. The van der Waals surface area contributed by atoms with Crippen molar-refractivity contribution < 1.29 is 9.92 Å². The van der Waals surface area contributed by atoms with Crippen LogP contribution in [0.15, 0.2) is 0 Å². The maximum absolute atomic E-state index is 10.0. The summed E-state index contributed by atoms with van der Waals surface area (Å²) in [5.41, 5.74) is 0. The maximum Gasteiger partial charge on any atom is 0.294 e. The average molecular weight is 173 g/mol. The van der Waals surface area contributed by atoms with Crippen LogP contribution in [0.25, 0.3) is 0 Å². The average Bonchev–Trinajstić information content (AvgIpc) is 2.05. The molecule has 0 heterocycles. The molecule has 1 fully saturated rings. The minimum atomic E-state index is -0.670. The van der Waals surface area contributed by atoms with E-state index in [9.17, 15) is 10.1 Å². The first kappa shape index (κ1) is 9.29. The predicted octanol–water partition coefficient (Wildman–Crippen LogP) is 2.16. The van der Waals surface area contributed by atoms with E-state index < -0.39 is 5.09 Å². The molecule has 0 atom stereocenters. The van der Waals surface area contributed by atoms with Gasteiger partial charge in [-0.2, -0.15) is 0 Å². The molecule has 0 radical (unpaired) electrons. The number of hydrogen-bond acceptors (Lipinski definition) is 3. The topological polar surface area (TPSA) is 52.4 Å². The molecular weight excluding hydrogens is 158 g/mol. The standard InChI is InChI=1S/C8H15NO3/c1-2-7-3-5-8(6-4-7)12-9(10)11/h7-8H,2-6H2,1H3. The summed E-state index contributed by atoms with van der Waals surface area (Å²) in [6.45, 7) is 2.17. The highest BCUT2D eigenvalue weighted by Gasteiger charge is 2.22. The van der Waals surface area contributed by atoms with Crippen LogP contribution < -0.4 is 0 Å². The number of nitrogens with zero attached hydrogens (tertiary/aromatic N) is 1. The molecule has 0 aromatic rings. The van der Waals surface area contributed by atoms with Crippen LogP contribution in [0.2, 0.25) is 0 Å². The van der Waals surface area contributed by atoms with E-state index in [0.717, 1.165) is 31.6 Å². The molecule has 0 aromatic carbocycles. The largest absolute Gasteiger partial charge is 0.311 e. The van der Waals surface area contributed by atoms with Crippen molar-refractivity contribution in [1.82, 2.24) is 0 Å². The smallest absolute Gasteiger partial charge is 0.294 e. The van der Waals surface area contributed by atoms with Crippen molar-refractivity contribution in [2.45, 2.75) is 45.1 Å². The molecule has 0 N–H and O–H groups in total. The fraction of sp³-hybridized carbons (Fsp3) is 1.00. The zero-order chi connectivity index (χ0) is 8.97. The summed E-state index contributed by atoms with van der Waals surface area (Å²) >= 11 is 0. The van der Waals surface area contributed by atoms with Crippen molar-refractivity contribution in [3.05, 3.63) is 10.1 Å². The highest BCUT2D eigenvalue weighted by atomic mass is 17.0. The van der Waals surface area contributed by atoms with Crippen LogP contribution in [0.5, 0.6) is 0 Å². The lowest BCUT2D eigenvalue weighted by Gasteiger charge is -2.25. The second kappa shape index (κ2) is 4.28. The van der Waals surface area contributed by atoms with E-state index in [-0.39, 0.29) is 6.10 Å². The molecule has 0 spiro atoms. The monoisotopic (exact) mass is 173 g/mol. The summed E-state index contributed by atoms with van der Waals surface area (Å²) in [7, 11) is 0. The van der Waals surface area contributed by atoms with Gasteiger partial charge in [-0.05, 0) is 31.6 Å². The molecular formula is C8H15NO3. The highest BCUT2D eigenvalue weighted by Crippen LogP contribution is 2.27. The first-order chi connectivity index (χ1) is 5.72. The van der Waals surface area contributed by atoms with E-state index in [0.29, 0.717) is 0 Å². The van der Waals surface area contributed by atoms with Gasteiger partial charge < -0.3 is 4.84 Å². The van der Waals surface area contributed by atoms with Gasteiger partial charge in [0.25, 0.3) is 5.09 Å². The van der Waals surface area contributed by atoms with Gasteiger partial charge in [-0.15, -0.1) is 10.1 Å². The Morgan fingerprint density at radius 1 is 1.42 bits per heavy atom. The van der Waals surface area contributed by atoms with E-state index in [2.05, 4.69) is 11.8 Å². The summed E-state index contributed by atoms with van der Waals surface area (Å²) in [6.07, 6.45) is 4.90. The lowest BCUT2D eigenvalue weighted by atomic mass is 9.86. The normalized spacial score (nSPS) is 29.8. The van der Waals surface area contributed by atoms with Crippen LogP contribution in [0.4, 0.5) is 0 Å². The Bertz CT molecular complexity index is 152. The molecule has 0 bridgehead atoms. The Hall–Kier alpha value is -0.800. The van der Waals surface area contributed by atoms with Crippen LogP contribution in [-0.2, 0) is 4.84 Å². The van der Waals surface area contributed by atoms with Crippen molar-refractivity contribution in [3.63, 3.8) is 0 Å². The molecule has 12 heavy (non-hydrogen) atoms. The predicted molar refractivity (Wildman–Crippen MR) is 44.1 cm³/mol. The molecule has 1 aliphatic carbocycles. The van der Waals surface area contributed by atoms with Crippen molar-refractivity contribution in [2.24, 2.45) is 5.92 Å². The summed E-state index contributed by atoms with van der Waals surface area (Å²) < 4.78 is 0. The van der Waals surface area contributed by atoms with Crippen molar-refractivity contribution in [3.8, 4) is 0 Å². The van der Waals surface area contributed by atoms with Gasteiger partial charge in [-0.3, -0.25) is 0 Å². The zero-order valence-electron chi connectivity index (χ0n) is 7.36. The molecule has 70 valence electrons. The summed E-state index contributed by atoms with van der Waals surface area (Å²) in [5, 5.41) is 9.33. The number of hydrogen-bond donors (Lipinski definition) is 0. The van der Waals surface area contributed by atoms with Gasteiger partial charge in [-0.25, -0.2) is 0 Å². The van der Waals surface area contributed by atoms with Crippen molar-refractivity contribution in [2.75, 3.05) is 0 Å². The molecule has 1 rings (SSSR count). The lowest BCUT2D eigenvalue weighted by molar-refractivity contribution is -0.769. The van der Waals surface area contributed by atoms with Gasteiger partial charge in [0.15, 0.2) is 0 Å². The molecule has 1 aliphatic rings. The molecule has 0 saturated heterocycles. The summed E-state index contributed by atoms with van der Waals surface area (Å²) in [6, 6.07) is 0. The van der Waals surface area contributed by atoms with Crippen molar-refractivity contribution in [1.29, 1.82) is 0 Å². The molecule has 1 saturated carbocycles. The SMILES string of the molecule is CCC1CCC(O[N+](=O)[O-])CC1. The quantitative estimate of drug-likeness (QED) is 0.485. The Balaban J connectivity index is 2.21. The van der Waals surface area contributed by atoms with Crippen LogP contribution in [0.3, 0.4) is 0 Å². The maximum atomic E-state index is 10.0. The van der Waals surface area contributed by atoms with Crippen LogP contribution in [-0.4, -0.2) is 11.2 Å². The van der Waals surface area contributed by atoms with Gasteiger partial charge in [0.2, 0.25) is 0 Å². The van der Waals surface area contributed by atoms with E-state index in [1.165, 1.54) is 6.42 Å². The Morgan fingerprint density at radius 2 is 2.00 bits per heavy atom. The third kappa shape index (κ3) is 2.68. The molecule has 4 heteroatoms. The van der Waals surface area contributed by atoms with Crippen molar-refractivity contribution >= 4 is 0 Å². The van der Waals surface area contributed by atoms with Gasteiger partial charge in [0, 0.05) is 0 Å². The van der Waals surface area contributed by atoms with Gasteiger partial charge >= 0.3 is 0 Å². The minimum absolute atomic E-state index is 0.136. The third-order valence-electron chi connectivity index (χ3n) is 2.61.